The molecule has 0 aromatic heterocycles. The average Bonchev–Trinajstić information content (AvgIpc) is 2.81. The van der Waals surface area contributed by atoms with Crippen molar-refractivity contribution in [2.24, 2.45) is 11.5 Å². The van der Waals surface area contributed by atoms with Gasteiger partial charge >= 0.3 is 0 Å². The minimum Gasteiger partial charge on any atom is -0.457 e. The maximum Gasteiger partial charge on any atom is 0.251 e. The summed E-state index contributed by atoms with van der Waals surface area (Å²) in [5.41, 5.74) is 12.6. The first-order chi connectivity index (χ1) is 16.4. The van der Waals surface area contributed by atoms with E-state index < -0.39 is 0 Å². The molecule has 3 aromatic rings. The second kappa shape index (κ2) is 10.7. The van der Waals surface area contributed by atoms with Crippen LogP contribution in [0.3, 0.4) is 0 Å². The van der Waals surface area contributed by atoms with E-state index in [4.69, 9.17) is 26.4 Å². The Balaban J connectivity index is 1.58. The van der Waals surface area contributed by atoms with Gasteiger partial charge in [-0.1, -0.05) is 22.0 Å². The molecule has 1 aliphatic carbocycles. The summed E-state index contributed by atoms with van der Waals surface area (Å²) in [4.78, 5) is 13.1. The number of nitrogen functional groups attached to an aromatic ring is 1. The van der Waals surface area contributed by atoms with Gasteiger partial charge in [-0.15, -0.1) is 0 Å². The predicted molar refractivity (Wildman–Crippen MR) is 136 cm³/mol. The number of benzene rings is 3. The van der Waals surface area contributed by atoms with Crippen molar-refractivity contribution in [3.63, 3.8) is 0 Å². The Morgan fingerprint density at radius 3 is 2.12 bits per heavy atom. The molecule has 0 unspecified atom stereocenters. The van der Waals surface area contributed by atoms with Gasteiger partial charge in [0.1, 0.15) is 28.8 Å². The maximum atomic E-state index is 13.1. The zero-order valence-electron chi connectivity index (χ0n) is 18.6. The molecule has 0 atom stereocenters. The second-order valence-electron chi connectivity index (χ2n) is 8.38. The molecule has 0 saturated heterocycles. The molecule has 0 radical (unpaired) electrons. The summed E-state index contributed by atoms with van der Waals surface area (Å²) >= 11 is 3.45. The molecule has 1 aliphatic rings. The average molecular weight is 523 g/mol. The lowest BCUT2D eigenvalue weighted by Gasteiger charge is -2.26. The zero-order valence-corrected chi connectivity index (χ0v) is 20.2. The van der Waals surface area contributed by atoms with Crippen LogP contribution in [-0.2, 0) is 0 Å². The number of amides is 1. The number of hydrogen-bond acceptors (Lipinski definition) is 5. The first-order valence-electron chi connectivity index (χ1n) is 11.1. The maximum absolute atomic E-state index is 13.1. The van der Waals surface area contributed by atoms with E-state index in [0.29, 0.717) is 34.1 Å². The normalized spacial score (nSPS) is 17.6. The lowest BCUT2D eigenvalue weighted by molar-refractivity contribution is 0.0925. The van der Waals surface area contributed by atoms with Crippen molar-refractivity contribution in [3.05, 3.63) is 82.3 Å². The van der Waals surface area contributed by atoms with Crippen molar-refractivity contribution >= 4 is 27.7 Å². The summed E-state index contributed by atoms with van der Waals surface area (Å²) in [6.07, 6.45) is 3.54. The summed E-state index contributed by atoms with van der Waals surface area (Å²) in [6.45, 7) is 0. The Morgan fingerprint density at radius 2 is 1.50 bits per heavy atom. The summed E-state index contributed by atoms with van der Waals surface area (Å²) in [6, 6.07) is 19.8. The fraction of sp³-hybridized carbons (Fsp3) is 0.231. The third kappa shape index (κ3) is 6.36. The lowest BCUT2D eigenvalue weighted by atomic mass is 9.91. The Labute approximate surface area is 207 Å². The number of carbonyl (C=O) groups is 1. The van der Waals surface area contributed by atoms with Crippen LogP contribution >= 0.6 is 15.9 Å². The van der Waals surface area contributed by atoms with E-state index in [1.165, 1.54) is 0 Å². The van der Waals surface area contributed by atoms with Crippen molar-refractivity contribution in [1.82, 2.24) is 5.32 Å². The first-order valence-corrected chi connectivity index (χ1v) is 11.9. The summed E-state index contributed by atoms with van der Waals surface area (Å²) in [7, 11) is 0. The number of rotatable bonds is 7. The third-order valence-corrected chi connectivity index (χ3v) is 6.18. The molecule has 0 aliphatic heterocycles. The van der Waals surface area contributed by atoms with Gasteiger partial charge in [0, 0.05) is 33.7 Å². The smallest absolute Gasteiger partial charge is 0.251 e. The van der Waals surface area contributed by atoms with Gasteiger partial charge in [0.2, 0.25) is 0 Å². The Hall–Kier alpha value is -3.36. The highest BCUT2D eigenvalue weighted by Crippen LogP contribution is 2.32. The minimum atomic E-state index is -0.183. The van der Waals surface area contributed by atoms with Crippen molar-refractivity contribution in [3.8, 4) is 23.0 Å². The number of halogens is 1. The van der Waals surface area contributed by atoms with E-state index in [1.54, 1.807) is 42.5 Å². The molecule has 7 nitrogen and oxygen atoms in total. The molecular formula is C26H27BrN4O3. The van der Waals surface area contributed by atoms with Gasteiger partial charge in [-0.2, -0.15) is 0 Å². The molecule has 0 heterocycles. The third-order valence-electron chi connectivity index (χ3n) is 5.68. The summed E-state index contributed by atoms with van der Waals surface area (Å²) in [5, 5.41) is 10.7. The molecule has 34 heavy (non-hydrogen) atoms. The van der Waals surface area contributed by atoms with Gasteiger partial charge in [0.25, 0.3) is 5.91 Å². The summed E-state index contributed by atoms with van der Waals surface area (Å²) < 4.78 is 12.9. The number of nitrogens with one attached hydrogen (secondary N) is 2. The molecule has 8 heteroatoms. The highest BCUT2D eigenvalue weighted by Gasteiger charge is 2.21. The topological polar surface area (TPSA) is 123 Å². The highest BCUT2D eigenvalue weighted by molar-refractivity contribution is 9.10. The van der Waals surface area contributed by atoms with Gasteiger partial charge in [-0.25, -0.2) is 0 Å². The fourth-order valence-electron chi connectivity index (χ4n) is 3.86. The molecule has 0 spiro atoms. The minimum absolute atomic E-state index is 0.0152. The van der Waals surface area contributed by atoms with Crippen LogP contribution in [0, 0.1) is 5.41 Å². The van der Waals surface area contributed by atoms with Crippen LogP contribution < -0.4 is 26.3 Å². The van der Waals surface area contributed by atoms with Crippen LogP contribution in [0.15, 0.2) is 71.2 Å². The number of amidine groups is 1. The van der Waals surface area contributed by atoms with E-state index in [-0.39, 0.29) is 23.8 Å². The van der Waals surface area contributed by atoms with Crippen molar-refractivity contribution < 1.29 is 14.3 Å². The van der Waals surface area contributed by atoms with Gasteiger partial charge in [0.05, 0.1) is 0 Å². The van der Waals surface area contributed by atoms with Crippen LogP contribution in [-0.4, -0.2) is 23.8 Å². The highest BCUT2D eigenvalue weighted by atomic mass is 79.9. The predicted octanol–water partition coefficient (Wildman–Crippen LogP) is 5.32. The van der Waals surface area contributed by atoms with Gasteiger partial charge in [-0.05, 0) is 80.3 Å². The molecule has 3 aromatic carbocycles. The molecule has 176 valence electrons. The van der Waals surface area contributed by atoms with Crippen molar-refractivity contribution in [2.75, 3.05) is 0 Å². The first kappa shape index (κ1) is 23.8. The van der Waals surface area contributed by atoms with Crippen molar-refractivity contribution in [2.45, 2.75) is 37.8 Å². The fourth-order valence-corrected chi connectivity index (χ4v) is 4.24. The molecule has 6 N–H and O–H groups in total. The van der Waals surface area contributed by atoms with E-state index >= 15 is 0 Å². The summed E-state index contributed by atoms with van der Waals surface area (Å²) in [5.74, 6) is 1.92. The Kier molecular flexibility index (Phi) is 7.49. The number of hydrogen-bond donors (Lipinski definition) is 4. The number of carbonyl (C=O) groups excluding carboxylic acids is 1. The van der Waals surface area contributed by atoms with Crippen molar-refractivity contribution in [1.29, 1.82) is 5.41 Å². The van der Waals surface area contributed by atoms with Crippen LogP contribution in [0.25, 0.3) is 0 Å². The molecule has 4 rings (SSSR count). The molecule has 0 bridgehead atoms. The number of ether oxygens (including phenoxy) is 2. The van der Waals surface area contributed by atoms with Gasteiger partial charge in [0.15, 0.2) is 0 Å². The molecule has 1 amide bonds. The Bertz CT molecular complexity index is 1170. The van der Waals surface area contributed by atoms with Crippen LogP contribution in [0.1, 0.15) is 41.6 Å². The SMILES string of the molecule is N=C(N)c1ccc(Oc2cc(Oc3cccc(Br)c3)cc(C(=O)NC3CCC(N)CC3)c2)cc1. The standard InChI is InChI=1S/C26H27BrN4O3/c27-18-2-1-3-22(14-18)34-24-13-17(26(32)31-20-8-6-19(28)7-9-20)12-23(15-24)33-21-10-4-16(5-11-21)25(29)30/h1-5,10-15,19-20H,6-9,28H2,(H3,29,30)(H,31,32). The Morgan fingerprint density at radius 1 is 0.853 bits per heavy atom. The quantitative estimate of drug-likeness (QED) is 0.247. The van der Waals surface area contributed by atoms with Crippen LogP contribution in [0.5, 0.6) is 23.0 Å². The lowest BCUT2D eigenvalue weighted by Crippen LogP contribution is -2.40. The van der Waals surface area contributed by atoms with Gasteiger partial charge < -0.3 is 26.3 Å². The molecule has 1 fully saturated rings. The van der Waals surface area contributed by atoms with Crippen LogP contribution in [0.4, 0.5) is 0 Å². The second-order valence-corrected chi connectivity index (χ2v) is 9.29. The van der Waals surface area contributed by atoms with E-state index in [0.717, 1.165) is 30.2 Å². The van der Waals surface area contributed by atoms with E-state index in [2.05, 4.69) is 21.2 Å². The molecular weight excluding hydrogens is 496 g/mol. The molecule has 1 saturated carbocycles. The monoisotopic (exact) mass is 522 g/mol. The van der Waals surface area contributed by atoms with E-state index in [9.17, 15) is 4.79 Å². The van der Waals surface area contributed by atoms with Crippen LogP contribution in [0.2, 0.25) is 0 Å². The number of nitrogens with two attached hydrogens (primary N) is 2. The zero-order chi connectivity index (χ0) is 24.1. The van der Waals surface area contributed by atoms with E-state index in [1.807, 2.05) is 24.3 Å². The van der Waals surface area contributed by atoms with Gasteiger partial charge in [-0.3, -0.25) is 10.2 Å². The largest absolute Gasteiger partial charge is 0.457 e.